The highest BCUT2D eigenvalue weighted by atomic mass is 35.5. The highest BCUT2D eigenvalue weighted by molar-refractivity contribution is 7.89. The van der Waals surface area contributed by atoms with Crippen molar-refractivity contribution in [3.05, 3.63) is 29.3 Å². The van der Waals surface area contributed by atoms with Gasteiger partial charge in [-0.1, -0.05) is 17.7 Å². The molecule has 0 unspecified atom stereocenters. The normalized spacial score (nSPS) is 28.6. The van der Waals surface area contributed by atoms with Crippen molar-refractivity contribution in [2.24, 2.45) is 0 Å². The summed E-state index contributed by atoms with van der Waals surface area (Å²) in [5.41, 5.74) is 0. The van der Waals surface area contributed by atoms with Gasteiger partial charge in [-0.3, -0.25) is 9.69 Å². The van der Waals surface area contributed by atoms with Crippen LogP contribution in [0.5, 0.6) is 0 Å². The number of ether oxygens (including phenoxy) is 3. The second kappa shape index (κ2) is 13.0. The molecule has 36 heavy (non-hydrogen) atoms. The minimum absolute atomic E-state index is 0.00242. The van der Waals surface area contributed by atoms with Crippen molar-refractivity contribution in [2.45, 2.75) is 54.9 Å². The van der Waals surface area contributed by atoms with E-state index >= 15 is 0 Å². The number of β-amino-alcohol motifs (C(OH)–C–C–N with tert-alkyl or cyclic N) is 1. The van der Waals surface area contributed by atoms with Crippen molar-refractivity contribution in [2.75, 3.05) is 59.2 Å². The molecule has 1 aromatic rings. The molecular formula is C24H36ClN3O7S. The van der Waals surface area contributed by atoms with Gasteiger partial charge in [-0.05, 0) is 44.0 Å². The molecule has 1 amide bonds. The van der Waals surface area contributed by atoms with Crippen LogP contribution in [0.25, 0.3) is 0 Å². The van der Waals surface area contributed by atoms with E-state index in [1.165, 1.54) is 16.4 Å². The number of nitrogens with one attached hydrogen (secondary N) is 1. The smallest absolute Gasteiger partial charge is 0.243 e. The molecule has 3 fully saturated rings. The number of amides is 1. The van der Waals surface area contributed by atoms with E-state index < -0.39 is 28.3 Å². The fourth-order valence-electron chi connectivity index (χ4n) is 4.97. The summed E-state index contributed by atoms with van der Waals surface area (Å²) in [6.07, 6.45) is 0.281. The Bertz CT molecular complexity index is 976. The summed E-state index contributed by atoms with van der Waals surface area (Å²) in [6, 6.07) is 5.58. The highest BCUT2D eigenvalue weighted by Gasteiger charge is 2.43. The first-order valence-electron chi connectivity index (χ1n) is 12.6. The predicted molar refractivity (Wildman–Crippen MR) is 133 cm³/mol. The molecule has 0 spiro atoms. The third-order valence-electron chi connectivity index (χ3n) is 6.83. The molecule has 0 saturated carbocycles. The average Bonchev–Trinajstić information content (AvgIpc) is 2.85. The number of nitrogens with zero attached hydrogens (tertiary/aromatic N) is 2. The lowest BCUT2D eigenvalue weighted by Gasteiger charge is -2.43. The number of fused-ring (bicyclic) bond motifs is 1. The number of benzene rings is 1. The SMILES string of the molecule is O=C(C[C@H]1CC[C@@H]2[C@H](COC[C@@H](O)CN2S(=O)(=O)c2cccc(Cl)c2)O1)NCCCN1CCOCC1. The van der Waals surface area contributed by atoms with Gasteiger partial charge in [0.25, 0.3) is 0 Å². The van der Waals surface area contributed by atoms with Gasteiger partial charge in [0, 0.05) is 31.2 Å². The molecule has 202 valence electrons. The molecule has 2 N–H and O–H groups in total. The molecule has 0 aliphatic carbocycles. The van der Waals surface area contributed by atoms with E-state index in [1.807, 2.05) is 0 Å². The van der Waals surface area contributed by atoms with E-state index in [0.29, 0.717) is 24.4 Å². The van der Waals surface area contributed by atoms with Gasteiger partial charge in [-0.15, -0.1) is 0 Å². The second-order valence-electron chi connectivity index (χ2n) is 9.53. The zero-order valence-corrected chi connectivity index (χ0v) is 22.0. The van der Waals surface area contributed by atoms with E-state index in [-0.39, 0.29) is 43.1 Å². The summed E-state index contributed by atoms with van der Waals surface area (Å²) in [6.45, 7) is 4.93. The van der Waals surface area contributed by atoms with Gasteiger partial charge in [-0.25, -0.2) is 8.42 Å². The first-order chi connectivity index (χ1) is 17.3. The van der Waals surface area contributed by atoms with Gasteiger partial charge in [0.05, 0.1) is 62.1 Å². The van der Waals surface area contributed by atoms with E-state index in [0.717, 1.165) is 39.3 Å². The van der Waals surface area contributed by atoms with Gasteiger partial charge < -0.3 is 24.6 Å². The molecule has 0 bridgehead atoms. The molecule has 3 aliphatic heterocycles. The maximum atomic E-state index is 13.5. The van der Waals surface area contributed by atoms with Crippen LogP contribution in [-0.2, 0) is 29.0 Å². The van der Waals surface area contributed by atoms with Gasteiger partial charge in [0.2, 0.25) is 15.9 Å². The Kier molecular flexibility index (Phi) is 9.98. The number of aliphatic hydroxyl groups excluding tert-OH is 1. The summed E-state index contributed by atoms with van der Waals surface area (Å²) in [4.78, 5) is 14.9. The molecule has 4 atom stereocenters. The molecular weight excluding hydrogens is 510 g/mol. The van der Waals surface area contributed by atoms with Gasteiger partial charge in [0.1, 0.15) is 0 Å². The predicted octanol–water partition coefficient (Wildman–Crippen LogP) is 0.867. The summed E-state index contributed by atoms with van der Waals surface area (Å²) >= 11 is 6.04. The van der Waals surface area contributed by atoms with Gasteiger partial charge in [0.15, 0.2) is 0 Å². The number of hydrogen-bond acceptors (Lipinski definition) is 8. The van der Waals surface area contributed by atoms with Crippen molar-refractivity contribution >= 4 is 27.5 Å². The number of sulfonamides is 1. The third kappa shape index (κ3) is 7.38. The van der Waals surface area contributed by atoms with Crippen molar-refractivity contribution < 1.29 is 32.5 Å². The number of aliphatic hydroxyl groups is 1. The number of carbonyl (C=O) groups excluding carboxylic acids is 1. The first kappa shape index (κ1) is 27.7. The monoisotopic (exact) mass is 545 g/mol. The molecule has 4 rings (SSSR count). The molecule has 3 saturated heterocycles. The van der Waals surface area contributed by atoms with Crippen LogP contribution in [0.2, 0.25) is 5.02 Å². The quantitative estimate of drug-likeness (QED) is 0.462. The summed E-state index contributed by atoms with van der Waals surface area (Å²) in [5, 5.41) is 13.6. The van der Waals surface area contributed by atoms with Crippen LogP contribution in [0.15, 0.2) is 29.2 Å². The minimum Gasteiger partial charge on any atom is -0.389 e. The summed E-state index contributed by atoms with van der Waals surface area (Å²) in [7, 11) is -3.93. The third-order valence-corrected chi connectivity index (χ3v) is 8.95. The molecule has 3 heterocycles. The maximum absolute atomic E-state index is 13.5. The second-order valence-corrected chi connectivity index (χ2v) is 11.9. The Labute approximate surface area is 217 Å². The van der Waals surface area contributed by atoms with Crippen LogP contribution >= 0.6 is 11.6 Å². The fourth-order valence-corrected chi connectivity index (χ4v) is 6.99. The molecule has 3 aliphatic rings. The topological polar surface area (TPSA) is 118 Å². The van der Waals surface area contributed by atoms with Crippen LogP contribution in [0.1, 0.15) is 25.7 Å². The van der Waals surface area contributed by atoms with E-state index in [9.17, 15) is 18.3 Å². The molecule has 10 nitrogen and oxygen atoms in total. The average molecular weight is 546 g/mol. The zero-order chi connectivity index (χ0) is 25.5. The number of rotatable bonds is 8. The molecule has 0 aromatic heterocycles. The van der Waals surface area contributed by atoms with Crippen molar-refractivity contribution in [3.8, 4) is 0 Å². The largest absolute Gasteiger partial charge is 0.389 e. The van der Waals surface area contributed by atoms with E-state index in [1.54, 1.807) is 12.1 Å². The highest BCUT2D eigenvalue weighted by Crippen LogP contribution is 2.32. The number of carbonyl (C=O) groups is 1. The lowest BCUT2D eigenvalue weighted by molar-refractivity contribution is -0.146. The first-order valence-corrected chi connectivity index (χ1v) is 14.4. The molecule has 0 radical (unpaired) electrons. The van der Waals surface area contributed by atoms with Crippen molar-refractivity contribution in [3.63, 3.8) is 0 Å². The minimum atomic E-state index is -3.93. The molecule has 1 aromatic carbocycles. The van der Waals surface area contributed by atoms with Crippen molar-refractivity contribution in [1.82, 2.24) is 14.5 Å². The van der Waals surface area contributed by atoms with Crippen LogP contribution in [0, 0.1) is 0 Å². The number of halogens is 1. The summed E-state index contributed by atoms with van der Waals surface area (Å²) in [5.74, 6) is -0.0778. The Morgan fingerprint density at radius 2 is 1.97 bits per heavy atom. The fraction of sp³-hybridized carbons (Fsp3) is 0.708. The van der Waals surface area contributed by atoms with Crippen molar-refractivity contribution in [1.29, 1.82) is 0 Å². The van der Waals surface area contributed by atoms with Crippen LogP contribution in [0.4, 0.5) is 0 Å². The lowest BCUT2D eigenvalue weighted by Crippen LogP contribution is -2.57. The van der Waals surface area contributed by atoms with Crippen LogP contribution < -0.4 is 5.32 Å². The van der Waals surface area contributed by atoms with E-state index in [4.69, 9.17) is 25.8 Å². The standard InChI is InChI=1S/C24H36ClN3O7S/c25-18-3-1-4-21(13-18)36(31,32)28-15-19(29)16-34-17-23-22(28)6-5-20(35-23)14-24(30)26-7-2-8-27-9-11-33-12-10-27/h1,3-4,13,19-20,22-23,29H,2,5-12,14-17H2,(H,26,30)/t19-,20+,22+,23-/m0/s1. The van der Waals surface area contributed by atoms with Crippen LogP contribution in [0.3, 0.4) is 0 Å². The number of hydrogen-bond donors (Lipinski definition) is 2. The zero-order valence-electron chi connectivity index (χ0n) is 20.4. The Balaban J connectivity index is 1.33. The van der Waals surface area contributed by atoms with Gasteiger partial charge >= 0.3 is 0 Å². The lowest BCUT2D eigenvalue weighted by atomic mass is 9.96. The van der Waals surface area contributed by atoms with Crippen LogP contribution in [-0.4, -0.2) is 112 Å². The number of morpholine rings is 1. The maximum Gasteiger partial charge on any atom is 0.243 e. The van der Waals surface area contributed by atoms with Gasteiger partial charge in [-0.2, -0.15) is 4.31 Å². The Morgan fingerprint density at radius 1 is 1.17 bits per heavy atom. The Morgan fingerprint density at radius 3 is 2.75 bits per heavy atom. The molecule has 12 heteroatoms. The Hall–Kier alpha value is -1.31. The van der Waals surface area contributed by atoms with E-state index in [2.05, 4.69) is 10.2 Å². The summed E-state index contributed by atoms with van der Waals surface area (Å²) < 4.78 is 45.5.